The molecule has 1 rings (SSSR count). The lowest BCUT2D eigenvalue weighted by Gasteiger charge is -2.43. The van der Waals surface area contributed by atoms with Crippen LogP contribution in [0.3, 0.4) is 0 Å². The van der Waals surface area contributed by atoms with Crippen LogP contribution >= 0.6 is 0 Å². The van der Waals surface area contributed by atoms with Crippen LogP contribution in [0.25, 0.3) is 0 Å². The molecular weight excluding hydrogens is 255 g/mol. The SMILES string of the molecule is CCC(CC)(C(N)Cc1ccc(OC)c(F)c1)N(C)C. The van der Waals surface area contributed by atoms with Gasteiger partial charge in [-0.3, -0.25) is 0 Å². The minimum absolute atomic E-state index is 0.0414. The van der Waals surface area contributed by atoms with Crippen LogP contribution in [-0.4, -0.2) is 37.7 Å². The van der Waals surface area contributed by atoms with Gasteiger partial charge in [0.25, 0.3) is 0 Å². The first-order chi connectivity index (χ1) is 9.41. The summed E-state index contributed by atoms with van der Waals surface area (Å²) in [5.74, 6) is -0.0622. The zero-order valence-corrected chi connectivity index (χ0v) is 13.2. The van der Waals surface area contributed by atoms with Crippen molar-refractivity contribution in [3.8, 4) is 5.75 Å². The molecule has 0 aromatic heterocycles. The molecule has 0 fully saturated rings. The summed E-state index contributed by atoms with van der Waals surface area (Å²) in [5, 5.41) is 0. The summed E-state index contributed by atoms with van der Waals surface area (Å²) < 4.78 is 18.7. The van der Waals surface area contributed by atoms with Crippen molar-refractivity contribution in [3.63, 3.8) is 0 Å². The number of nitrogens with two attached hydrogens (primary N) is 1. The second kappa shape index (κ2) is 7.04. The first-order valence-corrected chi connectivity index (χ1v) is 7.16. The highest BCUT2D eigenvalue weighted by molar-refractivity contribution is 5.30. The normalized spacial score (nSPS) is 13.6. The molecule has 4 heteroatoms. The molecule has 1 unspecified atom stereocenters. The van der Waals surface area contributed by atoms with Crippen molar-refractivity contribution in [2.24, 2.45) is 5.73 Å². The molecule has 0 radical (unpaired) electrons. The molecule has 0 saturated heterocycles. The zero-order valence-electron chi connectivity index (χ0n) is 13.2. The maximum absolute atomic E-state index is 13.7. The van der Waals surface area contributed by atoms with Crippen molar-refractivity contribution < 1.29 is 9.13 Å². The maximum atomic E-state index is 13.7. The van der Waals surface area contributed by atoms with Crippen molar-refractivity contribution >= 4 is 0 Å². The number of halogens is 1. The third-order valence-electron chi connectivity index (χ3n) is 4.48. The highest BCUT2D eigenvalue weighted by atomic mass is 19.1. The molecule has 0 aliphatic carbocycles. The Bertz CT molecular complexity index is 430. The van der Waals surface area contributed by atoms with E-state index in [9.17, 15) is 4.39 Å². The first-order valence-electron chi connectivity index (χ1n) is 7.16. The van der Waals surface area contributed by atoms with E-state index in [0.29, 0.717) is 6.42 Å². The minimum atomic E-state index is -0.333. The Morgan fingerprint density at radius 1 is 1.30 bits per heavy atom. The standard InChI is InChI=1S/C16H27FN2O/c1-6-16(7-2,19(3)4)15(18)11-12-8-9-14(20-5)13(17)10-12/h8-10,15H,6-7,11,18H2,1-5H3. The van der Waals surface area contributed by atoms with Crippen molar-refractivity contribution in [2.45, 2.75) is 44.7 Å². The van der Waals surface area contributed by atoms with Gasteiger partial charge in [0.05, 0.1) is 7.11 Å². The van der Waals surface area contributed by atoms with Crippen LogP contribution in [0.1, 0.15) is 32.3 Å². The van der Waals surface area contributed by atoms with Gasteiger partial charge in [-0.25, -0.2) is 4.39 Å². The van der Waals surface area contributed by atoms with E-state index in [1.165, 1.54) is 13.2 Å². The van der Waals surface area contributed by atoms with Crippen molar-refractivity contribution in [1.29, 1.82) is 0 Å². The first kappa shape index (κ1) is 16.9. The number of benzene rings is 1. The molecule has 0 spiro atoms. The molecule has 0 bridgehead atoms. The van der Waals surface area contributed by atoms with Gasteiger partial charge in [-0.15, -0.1) is 0 Å². The molecule has 0 heterocycles. The molecule has 0 aliphatic heterocycles. The fourth-order valence-corrected chi connectivity index (χ4v) is 3.02. The summed E-state index contributed by atoms with van der Waals surface area (Å²) in [6.07, 6.45) is 2.59. The van der Waals surface area contributed by atoms with Crippen molar-refractivity contribution in [1.82, 2.24) is 4.90 Å². The lowest BCUT2D eigenvalue weighted by Crippen LogP contribution is -2.57. The summed E-state index contributed by atoms with van der Waals surface area (Å²) in [7, 11) is 5.58. The topological polar surface area (TPSA) is 38.5 Å². The van der Waals surface area contributed by atoms with E-state index in [1.54, 1.807) is 6.07 Å². The van der Waals surface area contributed by atoms with Crippen molar-refractivity contribution in [3.05, 3.63) is 29.6 Å². The van der Waals surface area contributed by atoms with Gasteiger partial charge in [-0.2, -0.15) is 0 Å². The van der Waals surface area contributed by atoms with E-state index in [4.69, 9.17) is 10.5 Å². The van der Waals surface area contributed by atoms with Gasteiger partial charge >= 0.3 is 0 Å². The third kappa shape index (κ3) is 3.30. The Morgan fingerprint density at radius 3 is 2.30 bits per heavy atom. The van der Waals surface area contributed by atoms with Crippen LogP contribution < -0.4 is 10.5 Å². The molecule has 1 aromatic carbocycles. The Labute approximate surface area is 121 Å². The van der Waals surface area contributed by atoms with E-state index in [0.717, 1.165) is 18.4 Å². The Kier molecular flexibility index (Phi) is 5.96. The number of methoxy groups -OCH3 is 1. The lowest BCUT2D eigenvalue weighted by atomic mass is 9.81. The molecule has 20 heavy (non-hydrogen) atoms. The Balaban J connectivity index is 2.93. The number of likely N-dealkylation sites (N-methyl/N-ethyl adjacent to an activating group) is 1. The zero-order chi connectivity index (χ0) is 15.3. The average Bonchev–Trinajstić information content (AvgIpc) is 2.40. The Hall–Kier alpha value is -1.13. The number of hydrogen-bond donors (Lipinski definition) is 1. The number of rotatable bonds is 7. The van der Waals surface area contributed by atoms with Gasteiger partial charge in [0.15, 0.2) is 11.6 Å². The fourth-order valence-electron chi connectivity index (χ4n) is 3.02. The minimum Gasteiger partial charge on any atom is -0.494 e. The van der Waals surface area contributed by atoms with Crippen LogP contribution in [0.5, 0.6) is 5.75 Å². The van der Waals surface area contributed by atoms with Crippen LogP contribution in [0.15, 0.2) is 18.2 Å². The molecule has 3 nitrogen and oxygen atoms in total. The van der Waals surface area contributed by atoms with Gasteiger partial charge < -0.3 is 15.4 Å². The molecule has 0 saturated carbocycles. The van der Waals surface area contributed by atoms with E-state index in [2.05, 4.69) is 32.8 Å². The molecule has 0 amide bonds. The van der Waals surface area contributed by atoms with Crippen molar-refractivity contribution in [2.75, 3.05) is 21.2 Å². The van der Waals surface area contributed by atoms with Gasteiger partial charge in [0, 0.05) is 11.6 Å². The van der Waals surface area contributed by atoms with Gasteiger partial charge in [-0.05, 0) is 51.1 Å². The smallest absolute Gasteiger partial charge is 0.165 e. The predicted octanol–water partition coefficient (Wildman–Crippen LogP) is 2.82. The molecule has 114 valence electrons. The van der Waals surface area contributed by atoms with E-state index in [1.807, 2.05) is 6.07 Å². The van der Waals surface area contributed by atoms with Gasteiger partial charge in [0.2, 0.25) is 0 Å². The van der Waals surface area contributed by atoms with E-state index in [-0.39, 0.29) is 23.1 Å². The van der Waals surface area contributed by atoms with Crippen LogP contribution in [0, 0.1) is 5.82 Å². The molecule has 1 aromatic rings. The van der Waals surface area contributed by atoms with E-state index >= 15 is 0 Å². The number of ether oxygens (including phenoxy) is 1. The van der Waals surface area contributed by atoms with Crippen LogP contribution in [-0.2, 0) is 6.42 Å². The van der Waals surface area contributed by atoms with Gasteiger partial charge in [-0.1, -0.05) is 19.9 Å². The third-order valence-corrected chi connectivity index (χ3v) is 4.48. The summed E-state index contributed by atoms with van der Waals surface area (Å²) in [4.78, 5) is 2.19. The molecular formula is C16H27FN2O. The quantitative estimate of drug-likeness (QED) is 0.836. The largest absolute Gasteiger partial charge is 0.494 e. The lowest BCUT2D eigenvalue weighted by molar-refractivity contribution is 0.105. The van der Waals surface area contributed by atoms with E-state index < -0.39 is 0 Å². The summed E-state index contributed by atoms with van der Waals surface area (Å²) in [5.41, 5.74) is 7.28. The monoisotopic (exact) mass is 282 g/mol. The predicted molar refractivity (Wildman–Crippen MR) is 81.6 cm³/mol. The summed E-state index contributed by atoms with van der Waals surface area (Å²) in [6, 6.07) is 5.02. The molecule has 1 atom stereocenters. The number of hydrogen-bond acceptors (Lipinski definition) is 3. The van der Waals surface area contributed by atoms with Crippen LogP contribution in [0.2, 0.25) is 0 Å². The second-order valence-electron chi connectivity index (χ2n) is 5.48. The average molecular weight is 282 g/mol. The summed E-state index contributed by atoms with van der Waals surface area (Å²) >= 11 is 0. The molecule has 0 aliphatic rings. The second-order valence-corrected chi connectivity index (χ2v) is 5.48. The fraction of sp³-hybridized carbons (Fsp3) is 0.625. The number of nitrogens with zero attached hydrogens (tertiary/aromatic N) is 1. The Morgan fingerprint density at radius 2 is 1.90 bits per heavy atom. The van der Waals surface area contributed by atoms with Gasteiger partial charge in [0.1, 0.15) is 0 Å². The maximum Gasteiger partial charge on any atom is 0.165 e. The molecule has 2 N–H and O–H groups in total. The highest BCUT2D eigenvalue weighted by Gasteiger charge is 2.35. The highest BCUT2D eigenvalue weighted by Crippen LogP contribution is 2.27. The summed E-state index contributed by atoms with van der Waals surface area (Å²) in [6.45, 7) is 4.30. The van der Waals surface area contributed by atoms with Crippen LogP contribution in [0.4, 0.5) is 4.39 Å².